The third-order valence-electron chi connectivity index (χ3n) is 3.94. The first-order chi connectivity index (χ1) is 11.0. The van der Waals surface area contributed by atoms with Crippen LogP contribution in [0.2, 0.25) is 0 Å². The first-order valence-corrected chi connectivity index (χ1v) is 7.74. The van der Waals surface area contributed by atoms with E-state index in [1.165, 1.54) is 6.07 Å². The molecule has 0 spiro atoms. The van der Waals surface area contributed by atoms with Crippen molar-refractivity contribution in [1.29, 1.82) is 0 Å². The van der Waals surface area contributed by atoms with Gasteiger partial charge in [0.2, 0.25) is 5.91 Å². The molecular formula is C16H21F2N3O2. The van der Waals surface area contributed by atoms with E-state index in [4.69, 9.17) is 0 Å². The van der Waals surface area contributed by atoms with Gasteiger partial charge in [0.05, 0.1) is 6.54 Å². The summed E-state index contributed by atoms with van der Waals surface area (Å²) in [5, 5.41) is 7.78. The molecule has 1 aliphatic rings. The molecule has 0 aliphatic heterocycles. The summed E-state index contributed by atoms with van der Waals surface area (Å²) in [6, 6.07) is 2.41. The quantitative estimate of drug-likeness (QED) is 0.778. The van der Waals surface area contributed by atoms with Gasteiger partial charge in [-0.15, -0.1) is 0 Å². The smallest absolute Gasteiger partial charge is 0.321 e. The van der Waals surface area contributed by atoms with Crippen LogP contribution in [-0.2, 0) is 4.79 Å². The highest BCUT2D eigenvalue weighted by molar-refractivity contribution is 5.95. The third kappa shape index (κ3) is 5.28. The van der Waals surface area contributed by atoms with E-state index in [-0.39, 0.29) is 18.2 Å². The van der Waals surface area contributed by atoms with Crippen molar-refractivity contribution < 1.29 is 18.4 Å². The van der Waals surface area contributed by atoms with E-state index in [9.17, 15) is 18.4 Å². The average Bonchev–Trinajstić information content (AvgIpc) is 2.97. The van der Waals surface area contributed by atoms with Crippen LogP contribution in [-0.4, -0.2) is 24.5 Å². The third-order valence-corrected chi connectivity index (χ3v) is 3.94. The lowest BCUT2D eigenvalue weighted by Crippen LogP contribution is -2.46. The zero-order valence-corrected chi connectivity index (χ0v) is 13.0. The van der Waals surface area contributed by atoms with Crippen molar-refractivity contribution in [2.24, 2.45) is 0 Å². The molecule has 0 unspecified atom stereocenters. The molecule has 0 radical (unpaired) electrons. The molecule has 23 heavy (non-hydrogen) atoms. The second-order valence-electron chi connectivity index (χ2n) is 5.77. The number of hydrogen-bond acceptors (Lipinski definition) is 3. The lowest BCUT2D eigenvalue weighted by molar-refractivity contribution is -0.119. The summed E-state index contributed by atoms with van der Waals surface area (Å²) >= 11 is 0. The zero-order valence-electron chi connectivity index (χ0n) is 13.0. The molecule has 0 bridgehead atoms. The molecule has 0 heterocycles. The Balaban J connectivity index is 1.75. The molecule has 5 nitrogen and oxygen atoms in total. The monoisotopic (exact) mass is 325 g/mol. The Hall–Kier alpha value is -2.02. The lowest BCUT2D eigenvalue weighted by Gasteiger charge is -2.16. The lowest BCUT2D eigenvalue weighted by atomic mass is 10.1. The van der Waals surface area contributed by atoms with Crippen LogP contribution >= 0.6 is 0 Å². The largest absolute Gasteiger partial charge is 0.335 e. The molecule has 1 atom stereocenters. The van der Waals surface area contributed by atoms with Crippen molar-refractivity contribution in [3.05, 3.63) is 35.4 Å². The van der Waals surface area contributed by atoms with E-state index in [1.807, 2.05) is 0 Å². The van der Waals surface area contributed by atoms with Crippen molar-refractivity contribution in [2.45, 2.75) is 44.7 Å². The van der Waals surface area contributed by atoms with Gasteiger partial charge in [0.25, 0.3) is 0 Å². The number of carbonyl (C=O) groups is 2. The van der Waals surface area contributed by atoms with Crippen LogP contribution in [0.15, 0.2) is 18.2 Å². The predicted octanol–water partition coefficient (Wildman–Crippen LogP) is 2.38. The van der Waals surface area contributed by atoms with Gasteiger partial charge in [-0.25, -0.2) is 13.6 Å². The average molecular weight is 325 g/mol. The molecule has 0 aromatic heterocycles. The second kappa shape index (κ2) is 8.01. The number of benzene rings is 1. The molecule has 1 fully saturated rings. The summed E-state index contributed by atoms with van der Waals surface area (Å²) in [4.78, 5) is 23.4. The van der Waals surface area contributed by atoms with E-state index < -0.39 is 29.6 Å². The standard InChI is InChI=1S/C16H21F2N3O2/c1-10(13-7-6-11(17)8-14(13)18)19-9-15(22)21-16(23)20-12-4-2-3-5-12/h6-8,10,12,19H,2-5,9H2,1H3,(H2,20,21,22,23)/t10-/m1/s1. The maximum atomic E-state index is 13.6. The molecule has 7 heteroatoms. The maximum Gasteiger partial charge on any atom is 0.321 e. The highest BCUT2D eigenvalue weighted by Gasteiger charge is 2.18. The van der Waals surface area contributed by atoms with Crippen LogP contribution in [0.4, 0.5) is 13.6 Å². The fourth-order valence-corrected chi connectivity index (χ4v) is 2.67. The molecule has 2 rings (SSSR count). The second-order valence-corrected chi connectivity index (χ2v) is 5.77. The number of imide groups is 1. The summed E-state index contributed by atoms with van der Waals surface area (Å²) in [5.41, 5.74) is 0.259. The van der Waals surface area contributed by atoms with Crippen LogP contribution in [0.5, 0.6) is 0 Å². The van der Waals surface area contributed by atoms with Crippen LogP contribution in [0.3, 0.4) is 0 Å². The Labute approximate surface area is 133 Å². The maximum absolute atomic E-state index is 13.6. The Bertz CT molecular complexity index is 574. The summed E-state index contributed by atoms with van der Waals surface area (Å²) in [7, 11) is 0. The Morgan fingerprint density at radius 1 is 1.26 bits per heavy atom. The topological polar surface area (TPSA) is 70.2 Å². The number of rotatable bonds is 5. The van der Waals surface area contributed by atoms with E-state index in [0.29, 0.717) is 0 Å². The highest BCUT2D eigenvalue weighted by Crippen LogP contribution is 2.18. The van der Waals surface area contributed by atoms with Gasteiger partial charge < -0.3 is 10.6 Å². The van der Waals surface area contributed by atoms with Gasteiger partial charge >= 0.3 is 6.03 Å². The molecule has 0 saturated heterocycles. The van der Waals surface area contributed by atoms with Crippen molar-refractivity contribution in [2.75, 3.05) is 6.54 Å². The van der Waals surface area contributed by atoms with Gasteiger partial charge in [-0.1, -0.05) is 18.9 Å². The van der Waals surface area contributed by atoms with Crippen LogP contribution in [0.1, 0.15) is 44.2 Å². The number of amides is 3. The molecule has 1 aliphatic carbocycles. The fraction of sp³-hybridized carbons (Fsp3) is 0.500. The molecule has 1 aromatic rings. The van der Waals surface area contributed by atoms with Crippen LogP contribution in [0.25, 0.3) is 0 Å². The first kappa shape index (κ1) is 17.3. The van der Waals surface area contributed by atoms with E-state index in [0.717, 1.165) is 37.8 Å². The van der Waals surface area contributed by atoms with Gasteiger partial charge in [-0.05, 0) is 25.8 Å². The van der Waals surface area contributed by atoms with Crippen molar-refractivity contribution in [1.82, 2.24) is 16.0 Å². The van der Waals surface area contributed by atoms with Gasteiger partial charge in [0.1, 0.15) is 11.6 Å². The summed E-state index contributed by atoms with van der Waals surface area (Å²) in [6.45, 7) is 1.51. The number of urea groups is 1. The molecule has 3 amide bonds. The van der Waals surface area contributed by atoms with Crippen molar-refractivity contribution in [3.63, 3.8) is 0 Å². The molecule has 3 N–H and O–H groups in total. The summed E-state index contributed by atoms with van der Waals surface area (Å²) < 4.78 is 26.5. The minimum Gasteiger partial charge on any atom is -0.335 e. The first-order valence-electron chi connectivity index (χ1n) is 7.74. The van der Waals surface area contributed by atoms with Gasteiger partial charge in [0.15, 0.2) is 0 Å². The predicted molar refractivity (Wildman–Crippen MR) is 81.7 cm³/mol. The van der Waals surface area contributed by atoms with Crippen LogP contribution in [0, 0.1) is 11.6 Å². The molecule has 126 valence electrons. The SMILES string of the molecule is C[C@@H](NCC(=O)NC(=O)NC1CCCC1)c1ccc(F)cc1F. The Kier molecular flexibility index (Phi) is 6.04. The van der Waals surface area contributed by atoms with Gasteiger partial charge in [-0.3, -0.25) is 10.1 Å². The summed E-state index contributed by atoms with van der Waals surface area (Å²) in [5.74, 6) is -1.83. The minimum absolute atomic E-state index is 0.128. The van der Waals surface area contributed by atoms with E-state index >= 15 is 0 Å². The van der Waals surface area contributed by atoms with Crippen molar-refractivity contribution in [3.8, 4) is 0 Å². The van der Waals surface area contributed by atoms with E-state index in [2.05, 4.69) is 16.0 Å². The van der Waals surface area contributed by atoms with Crippen LogP contribution < -0.4 is 16.0 Å². The minimum atomic E-state index is -0.676. The summed E-state index contributed by atoms with van der Waals surface area (Å²) in [6.07, 6.45) is 4.03. The molecule has 1 saturated carbocycles. The van der Waals surface area contributed by atoms with Crippen molar-refractivity contribution >= 4 is 11.9 Å². The van der Waals surface area contributed by atoms with Gasteiger partial charge in [-0.2, -0.15) is 0 Å². The number of halogens is 2. The molecule has 1 aromatic carbocycles. The van der Waals surface area contributed by atoms with Gasteiger partial charge in [0, 0.05) is 23.7 Å². The highest BCUT2D eigenvalue weighted by atomic mass is 19.1. The number of carbonyl (C=O) groups excluding carboxylic acids is 2. The fourth-order valence-electron chi connectivity index (χ4n) is 2.67. The Morgan fingerprint density at radius 3 is 2.61 bits per heavy atom. The normalized spacial score (nSPS) is 16.1. The zero-order chi connectivity index (χ0) is 16.8. The van der Waals surface area contributed by atoms with E-state index in [1.54, 1.807) is 6.92 Å². The number of hydrogen-bond donors (Lipinski definition) is 3. The Morgan fingerprint density at radius 2 is 1.96 bits per heavy atom. The molecular weight excluding hydrogens is 304 g/mol. The number of nitrogens with one attached hydrogen (secondary N) is 3.